The Morgan fingerprint density at radius 1 is 1.37 bits per heavy atom. The fourth-order valence-corrected chi connectivity index (χ4v) is 2.35. The van der Waals surface area contributed by atoms with Crippen LogP contribution < -0.4 is 5.32 Å². The molecule has 0 heterocycles. The van der Waals surface area contributed by atoms with Gasteiger partial charge in [-0.2, -0.15) is 0 Å². The summed E-state index contributed by atoms with van der Waals surface area (Å²) in [5, 5.41) is 14.3. The second-order valence-electron chi connectivity index (χ2n) is 4.56. The number of ether oxygens (including phenoxy) is 1. The zero-order valence-electron chi connectivity index (χ0n) is 11.3. The second-order valence-corrected chi connectivity index (χ2v) is 5.41. The van der Waals surface area contributed by atoms with Gasteiger partial charge in [0.1, 0.15) is 0 Å². The van der Waals surface area contributed by atoms with Crippen LogP contribution in [0, 0.1) is 0 Å². The largest absolute Gasteiger partial charge is 0.389 e. The Morgan fingerprint density at radius 3 is 2.68 bits per heavy atom. The lowest BCUT2D eigenvalue weighted by Gasteiger charge is -2.20. The lowest BCUT2D eigenvalue weighted by atomic mass is 10.0. The normalized spacial score (nSPS) is 14.4. The molecule has 0 saturated carbocycles. The van der Waals surface area contributed by atoms with Gasteiger partial charge in [0.25, 0.3) is 0 Å². The molecule has 0 bridgehead atoms. The molecule has 108 valence electrons. The minimum Gasteiger partial charge on any atom is -0.389 e. The van der Waals surface area contributed by atoms with Crippen LogP contribution in [0.2, 0.25) is 10.0 Å². The predicted octanol–water partition coefficient (Wildman–Crippen LogP) is 2.91. The maximum atomic E-state index is 9.62. The molecule has 3 nitrogen and oxygen atoms in total. The first-order chi connectivity index (χ1) is 9.06. The highest BCUT2D eigenvalue weighted by molar-refractivity contribution is 6.35. The summed E-state index contributed by atoms with van der Waals surface area (Å²) < 4.78 is 4.89. The van der Waals surface area contributed by atoms with Crippen LogP contribution in [0.15, 0.2) is 18.2 Å². The van der Waals surface area contributed by atoms with E-state index >= 15 is 0 Å². The fraction of sp³-hybridized carbons (Fsp3) is 0.571. The molecule has 2 unspecified atom stereocenters. The fourth-order valence-electron chi connectivity index (χ4n) is 1.87. The number of halogens is 2. The van der Waals surface area contributed by atoms with Gasteiger partial charge < -0.3 is 15.2 Å². The molecule has 2 atom stereocenters. The number of hydrogen-bond donors (Lipinski definition) is 2. The summed E-state index contributed by atoms with van der Waals surface area (Å²) in [6, 6.07) is 5.81. The SMILES string of the molecule is CCC(Cc1ccc(Cl)cc1Cl)NCC(O)COC. The van der Waals surface area contributed by atoms with Gasteiger partial charge in [0.05, 0.1) is 12.7 Å². The van der Waals surface area contributed by atoms with Crippen molar-refractivity contribution in [3.05, 3.63) is 33.8 Å². The first-order valence-electron chi connectivity index (χ1n) is 6.41. The van der Waals surface area contributed by atoms with Crippen molar-refractivity contribution in [1.82, 2.24) is 5.32 Å². The Hall–Kier alpha value is -0.320. The first-order valence-corrected chi connectivity index (χ1v) is 7.16. The molecule has 0 fully saturated rings. The number of rotatable bonds is 8. The van der Waals surface area contributed by atoms with Crippen molar-refractivity contribution >= 4 is 23.2 Å². The van der Waals surface area contributed by atoms with Crippen molar-refractivity contribution in [2.24, 2.45) is 0 Å². The van der Waals surface area contributed by atoms with E-state index in [0.717, 1.165) is 18.4 Å². The summed E-state index contributed by atoms with van der Waals surface area (Å²) in [5.74, 6) is 0. The summed E-state index contributed by atoms with van der Waals surface area (Å²) >= 11 is 12.0. The summed E-state index contributed by atoms with van der Waals surface area (Å²) in [5.41, 5.74) is 1.06. The molecule has 0 radical (unpaired) electrons. The average Bonchev–Trinajstić information content (AvgIpc) is 2.37. The summed E-state index contributed by atoms with van der Waals surface area (Å²) in [6.45, 7) is 2.95. The van der Waals surface area contributed by atoms with Gasteiger partial charge in [0.15, 0.2) is 0 Å². The van der Waals surface area contributed by atoms with Crippen LogP contribution in [-0.2, 0) is 11.2 Å². The molecule has 0 aliphatic carbocycles. The lowest BCUT2D eigenvalue weighted by Crippen LogP contribution is -2.38. The van der Waals surface area contributed by atoms with Crippen molar-refractivity contribution in [3.8, 4) is 0 Å². The zero-order valence-corrected chi connectivity index (χ0v) is 12.8. The molecule has 0 spiro atoms. The van der Waals surface area contributed by atoms with Gasteiger partial charge >= 0.3 is 0 Å². The average molecular weight is 306 g/mol. The van der Waals surface area contributed by atoms with Gasteiger partial charge in [0, 0.05) is 29.7 Å². The van der Waals surface area contributed by atoms with Crippen LogP contribution in [0.25, 0.3) is 0 Å². The second kappa shape index (κ2) is 8.77. The van der Waals surface area contributed by atoms with Crippen LogP contribution in [0.4, 0.5) is 0 Å². The van der Waals surface area contributed by atoms with E-state index < -0.39 is 6.10 Å². The topological polar surface area (TPSA) is 41.5 Å². The van der Waals surface area contributed by atoms with Gasteiger partial charge in [-0.1, -0.05) is 36.2 Å². The maximum absolute atomic E-state index is 9.62. The van der Waals surface area contributed by atoms with E-state index in [0.29, 0.717) is 23.2 Å². The van der Waals surface area contributed by atoms with Gasteiger partial charge in [0.2, 0.25) is 0 Å². The van der Waals surface area contributed by atoms with E-state index in [4.69, 9.17) is 27.9 Å². The highest BCUT2D eigenvalue weighted by Gasteiger charge is 2.12. The van der Waals surface area contributed by atoms with Crippen molar-refractivity contribution in [2.45, 2.75) is 31.9 Å². The molecule has 5 heteroatoms. The van der Waals surface area contributed by atoms with Crippen LogP contribution >= 0.6 is 23.2 Å². The minimum atomic E-state index is -0.486. The Labute approximate surface area is 124 Å². The van der Waals surface area contributed by atoms with Crippen molar-refractivity contribution in [3.63, 3.8) is 0 Å². The summed E-state index contributed by atoms with van der Waals surface area (Å²) in [6.07, 6.45) is 1.28. The molecule has 0 amide bonds. The maximum Gasteiger partial charge on any atom is 0.0897 e. The van der Waals surface area contributed by atoms with E-state index in [-0.39, 0.29) is 6.04 Å². The first kappa shape index (κ1) is 16.7. The van der Waals surface area contributed by atoms with E-state index in [1.807, 2.05) is 12.1 Å². The van der Waals surface area contributed by atoms with Gasteiger partial charge in [-0.05, 0) is 30.5 Å². The molecular formula is C14H21Cl2NO2. The molecule has 0 aromatic heterocycles. The van der Waals surface area contributed by atoms with Crippen LogP contribution in [0.5, 0.6) is 0 Å². The van der Waals surface area contributed by atoms with E-state index in [9.17, 15) is 5.11 Å². The molecule has 1 rings (SSSR count). The highest BCUT2D eigenvalue weighted by atomic mass is 35.5. The lowest BCUT2D eigenvalue weighted by molar-refractivity contribution is 0.0626. The Bertz CT molecular complexity index is 388. The molecule has 0 aliphatic rings. The molecule has 0 saturated heterocycles. The molecule has 0 aliphatic heterocycles. The summed E-state index contributed by atoms with van der Waals surface area (Å²) in [4.78, 5) is 0. The minimum absolute atomic E-state index is 0.269. The van der Waals surface area contributed by atoms with Crippen molar-refractivity contribution < 1.29 is 9.84 Å². The van der Waals surface area contributed by atoms with E-state index in [1.54, 1.807) is 13.2 Å². The standard InChI is InChI=1S/C14H21Cl2NO2/c1-3-12(17-8-13(18)9-19-2)6-10-4-5-11(15)7-14(10)16/h4-5,7,12-13,17-18H,3,6,8-9H2,1-2H3. The molecule has 1 aromatic rings. The van der Waals surface area contributed by atoms with Gasteiger partial charge in [-0.25, -0.2) is 0 Å². The zero-order chi connectivity index (χ0) is 14.3. The number of benzene rings is 1. The van der Waals surface area contributed by atoms with Gasteiger partial charge in [-0.15, -0.1) is 0 Å². The van der Waals surface area contributed by atoms with E-state index in [1.165, 1.54) is 0 Å². The predicted molar refractivity (Wildman–Crippen MR) is 80.1 cm³/mol. The van der Waals surface area contributed by atoms with Crippen molar-refractivity contribution in [1.29, 1.82) is 0 Å². The van der Waals surface area contributed by atoms with Crippen LogP contribution in [0.1, 0.15) is 18.9 Å². The Kier molecular flexibility index (Phi) is 7.73. The third-order valence-electron chi connectivity index (χ3n) is 2.98. The molecule has 19 heavy (non-hydrogen) atoms. The smallest absolute Gasteiger partial charge is 0.0897 e. The third-order valence-corrected chi connectivity index (χ3v) is 3.56. The van der Waals surface area contributed by atoms with Crippen LogP contribution in [0.3, 0.4) is 0 Å². The number of nitrogens with one attached hydrogen (secondary N) is 1. The van der Waals surface area contributed by atoms with E-state index in [2.05, 4.69) is 12.2 Å². The Balaban J connectivity index is 2.51. The quantitative estimate of drug-likeness (QED) is 0.776. The number of methoxy groups -OCH3 is 1. The highest BCUT2D eigenvalue weighted by Crippen LogP contribution is 2.22. The monoisotopic (exact) mass is 305 g/mol. The molecular weight excluding hydrogens is 285 g/mol. The Morgan fingerprint density at radius 2 is 2.11 bits per heavy atom. The van der Waals surface area contributed by atoms with Crippen molar-refractivity contribution in [2.75, 3.05) is 20.3 Å². The number of hydrogen-bond acceptors (Lipinski definition) is 3. The molecule has 1 aromatic carbocycles. The summed E-state index contributed by atoms with van der Waals surface area (Å²) in [7, 11) is 1.58. The third kappa shape index (κ3) is 6.11. The molecule has 2 N–H and O–H groups in total. The van der Waals surface area contributed by atoms with Crippen LogP contribution in [-0.4, -0.2) is 37.5 Å². The van der Waals surface area contributed by atoms with Gasteiger partial charge in [-0.3, -0.25) is 0 Å². The number of aliphatic hydroxyl groups excluding tert-OH is 1. The number of aliphatic hydroxyl groups is 1.